The van der Waals surface area contributed by atoms with E-state index in [0.717, 1.165) is 25.0 Å². The van der Waals surface area contributed by atoms with Crippen LogP contribution in [0.5, 0.6) is 0 Å². The molecule has 2 fully saturated rings. The van der Waals surface area contributed by atoms with Gasteiger partial charge in [-0.3, -0.25) is 0 Å². The van der Waals surface area contributed by atoms with E-state index >= 15 is 0 Å². The van der Waals surface area contributed by atoms with Crippen molar-refractivity contribution in [3.63, 3.8) is 0 Å². The third-order valence-electron chi connectivity index (χ3n) is 4.48. The number of benzene rings is 1. The summed E-state index contributed by atoms with van der Waals surface area (Å²) in [6.07, 6.45) is -2.70. The number of halogens is 3. The van der Waals surface area contributed by atoms with Crippen LogP contribution in [0.15, 0.2) is 18.2 Å². The molecule has 2 bridgehead atoms. The fourth-order valence-corrected chi connectivity index (χ4v) is 3.41. The first-order chi connectivity index (χ1) is 9.36. The molecule has 1 aromatic carbocycles. The summed E-state index contributed by atoms with van der Waals surface area (Å²) in [6, 6.07) is 3.50. The highest BCUT2D eigenvalue weighted by atomic mass is 19.4. The van der Waals surface area contributed by atoms with Crippen molar-refractivity contribution in [2.24, 2.45) is 11.8 Å². The average molecular weight is 286 g/mol. The minimum absolute atomic E-state index is 0.149. The fourth-order valence-electron chi connectivity index (χ4n) is 3.41. The molecule has 3 nitrogen and oxygen atoms in total. The standard InChI is InChI=1S/C14H17F3N2O/c15-14(16,17)10-3-4-12(11(18)5-10)19-6-8-1-2-9(7-19)13(8)20/h3-5,8-9,13,20H,1-2,6-7,18H2. The molecule has 0 radical (unpaired) electrons. The maximum absolute atomic E-state index is 12.6. The van der Waals surface area contributed by atoms with Crippen LogP contribution in [-0.2, 0) is 6.18 Å². The van der Waals surface area contributed by atoms with Gasteiger partial charge in [0.1, 0.15) is 0 Å². The monoisotopic (exact) mass is 286 g/mol. The number of hydrogen-bond acceptors (Lipinski definition) is 3. The van der Waals surface area contributed by atoms with Crippen molar-refractivity contribution in [3.8, 4) is 0 Å². The first-order valence-electron chi connectivity index (χ1n) is 6.76. The van der Waals surface area contributed by atoms with Crippen molar-refractivity contribution in [3.05, 3.63) is 23.8 Å². The Bertz CT molecular complexity index is 504. The maximum atomic E-state index is 12.6. The third-order valence-corrected chi connectivity index (χ3v) is 4.48. The maximum Gasteiger partial charge on any atom is 0.416 e. The summed E-state index contributed by atoms with van der Waals surface area (Å²) < 4.78 is 37.9. The van der Waals surface area contributed by atoms with Gasteiger partial charge in [-0.05, 0) is 31.0 Å². The van der Waals surface area contributed by atoms with E-state index in [1.54, 1.807) is 0 Å². The Morgan fingerprint density at radius 2 is 1.75 bits per heavy atom. The highest BCUT2D eigenvalue weighted by Gasteiger charge is 2.41. The van der Waals surface area contributed by atoms with E-state index in [9.17, 15) is 18.3 Å². The molecule has 0 spiro atoms. The van der Waals surface area contributed by atoms with Crippen molar-refractivity contribution in [1.29, 1.82) is 0 Å². The van der Waals surface area contributed by atoms with Gasteiger partial charge in [-0.1, -0.05) is 0 Å². The Kier molecular flexibility index (Phi) is 3.08. The molecule has 3 N–H and O–H groups in total. The van der Waals surface area contributed by atoms with Gasteiger partial charge >= 0.3 is 6.18 Å². The first kappa shape index (κ1) is 13.5. The summed E-state index contributed by atoms with van der Waals surface area (Å²) in [5.41, 5.74) is 5.86. The molecule has 0 aromatic heterocycles. The summed E-state index contributed by atoms with van der Waals surface area (Å²) in [4.78, 5) is 2.00. The van der Waals surface area contributed by atoms with Gasteiger partial charge in [-0.25, -0.2) is 0 Å². The lowest BCUT2D eigenvalue weighted by atomic mass is 9.94. The van der Waals surface area contributed by atoms with Crippen LogP contribution < -0.4 is 10.6 Å². The molecule has 1 saturated carbocycles. The highest BCUT2D eigenvalue weighted by molar-refractivity contribution is 5.69. The Morgan fingerprint density at radius 3 is 2.25 bits per heavy atom. The summed E-state index contributed by atoms with van der Waals surface area (Å²) in [5, 5.41) is 9.99. The van der Waals surface area contributed by atoms with E-state index in [2.05, 4.69) is 0 Å². The second-order valence-corrected chi connectivity index (χ2v) is 5.76. The Morgan fingerprint density at radius 1 is 1.15 bits per heavy atom. The lowest BCUT2D eigenvalue weighted by molar-refractivity contribution is -0.137. The van der Waals surface area contributed by atoms with Gasteiger partial charge in [-0.2, -0.15) is 13.2 Å². The van der Waals surface area contributed by atoms with Crippen LogP contribution in [0, 0.1) is 11.8 Å². The number of piperidine rings is 1. The molecule has 1 aromatic rings. The Balaban J connectivity index is 1.85. The lowest BCUT2D eigenvalue weighted by Crippen LogP contribution is -2.45. The van der Waals surface area contributed by atoms with Crippen LogP contribution in [0.4, 0.5) is 24.5 Å². The summed E-state index contributed by atoms with van der Waals surface area (Å²) in [6.45, 7) is 1.32. The summed E-state index contributed by atoms with van der Waals surface area (Å²) in [7, 11) is 0. The normalized spacial score (nSPS) is 29.8. The van der Waals surface area contributed by atoms with E-state index in [1.807, 2.05) is 4.90 Å². The second kappa shape index (κ2) is 4.55. The largest absolute Gasteiger partial charge is 0.416 e. The molecular weight excluding hydrogens is 269 g/mol. The zero-order chi connectivity index (χ0) is 14.5. The molecule has 0 amide bonds. The van der Waals surface area contributed by atoms with E-state index in [1.165, 1.54) is 6.07 Å². The molecule has 1 aliphatic heterocycles. The van der Waals surface area contributed by atoms with Crippen LogP contribution in [0.3, 0.4) is 0 Å². The van der Waals surface area contributed by atoms with Gasteiger partial charge in [0.2, 0.25) is 0 Å². The number of hydrogen-bond donors (Lipinski definition) is 2. The van der Waals surface area contributed by atoms with E-state index < -0.39 is 11.7 Å². The lowest BCUT2D eigenvalue weighted by Gasteiger charge is -2.37. The molecule has 1 heterocycles. The topological polar surface area (TPSA) is 49.5 Å². The van der Waals surface area contributed by atoms with Crippen molar-refractivity contribution in [2.45, 2.75) is 25.1 Å². The SMILES string of the molecule is Nc1cc(C(F)(F)F)ccc1N1CC2CCC(C1)C2O. The quantitative estimate of drug-likeness (QED) is 0.780. The van der Waals surface area contributed by atoms with Crippen LogP contribution in [0.25, 0.3) is 0 Å². The van der Waals surface area contributed by atoms with Crippen molar-refractivity contribution < 1.29 is 18.3 Å². The second-order valence-electron chi connectivity index (χ2n) is 5.76. The van der Waals surface area contributed by atoms with E-state index in [4.69, 9.17) is 5.73 Å². The van der Waals surface area contributed by atoms with Gasteiger partial charge < -0.3 is 15.7 Å². The number of aliphatic hydroxyl groups is 1. The van der Waals surface area contributed by atoms with E-state index in [0.29, 0.717) is 18.8 Å². The number of nitrogens with two attached hydrogens (primary N) is 1. The molecule has 20 heavy (non-hydrogen) atoms. The number of nitrogens with zero attached hydrogens (tertiary/aromatic N) is 1. The summed E-state index contributed by atoms with van der Waals surface area (Å²) in [5.74, 6) is 0.408. The number of aliphatic hydroxyl groups excluding tert-OH is 1. The highest BCUT2D eigenvalue weighted by Crippen LogP contribution is 2.41. The molecule has 2 atom stereocenters. The molecule has 1 saturated heterocycles. The molecule has 110 valence electrons. The Hall–Kier alpha value is -1.43. The number of anilines is 2. The number of rotatable bonds is 1. The minimum Gasteiger partial charge on any atom is -0.397 e. The van der Waals surface area contributed by atoms with Gasteiger partial charge in [0.15, 0.2) is 0 Å². The number of fused-ring (bicyclic) bond motifs is 2. The van der Waals surface area contributed by atoms with E-state index in [-0.39, 0.29) is 23.6 Å². The van der Waals surface area contributed by atoms with Gasteiger partial charge in [0.25, 0.3) is 0 Å². The average Bonchev–Trinajstić information content (AvgIpc) is 2.61. The molecule has 3 rings (SSSR count). The molecule has 2 aliphatic rings. The third kappa shape index (κ3) is 2.22. The number of alkyl halides is 3. The predicted molar refractivity (Wildman–Crippen MR) is 70.3 cm³/mol. The fraction of sp³-hybridized carbons (Fsp3) is 0.571. The first-order valence-corrected chi connectivity index (χ1v) is 6.76. The van der Waals surface area contributed by atoms with Crippen LogP contribution in [0.1, 0.15) is 18.4 Å². The van der Waals surface area contributed by atoms with Crippen LogP contribution in [0.2, 0.25) is 0 Å². The summed E-state index contributed by atoms with van der Waals surface area (Å²) >= 11 is 0. The zero-order valence-corrected chi connectivity index (χ0v) is 10.9. The molecule has 1 aliphatic carbocycles. The molecule has 6 heteroatoms. The Labute approximate surface area is 115 Å². The smallest absolute Gasteiger partial charge is 0.397 e. The van der Waals surface area contributed by atoms with Gasteiger partial charge in [-0.15, -0.1) is 0 Å². The minimum atomic E-state index is -4.37. The number of nitrogen functional groups attached to an aromatic ring is 1. The van der Waals surface area contributed by atoms with Crippen LogP contribution in [-0.4, -0.2) is 24.3 Å². The van der Waals surface area contributed by atoms with Crippen molar-refractivity contribution in [1.82, 2.24) is 0 Å². The molecule has 2 unspecified atom stereocenters. The zero-order valence-electron chi connectivity index (χ0n) is 10.9. The van der Waals surface area contributed by atoms with Crippen LogP contribution >= 0.6 is 0 Å². The van der Waals surface area contributed by atoms with Crippen molar-refractivity contribution in [2.75, 3.05) is 23.7 Å². The van der Waals surface area contributed by atoms with Gasteiger partial charge in [0.05, 0.1) is 23.0 Å². The predicted octanol–water partition coefficient (Wildman–Crippen LogP) is 2.49. The molecular formula is C14H17F3N2O. The van der Waals surface area contributed by atoms with Crippen molar-refractivity contribution >= 4 is 11.4 Å². The van der Waals surface area contributed by atoms with Gasteiger partial charge in [0, 0.05) is 24.9 Å².